The minimum atomic E-state index is -0.502. The molecule has 0 saturated heterocycles. The fourth-order valence-electron chi connectivity index (χ4n) is 2.42. The predicted molar refractivity (Wildman–Crippen MR) is 84.6 cm³/mol. The molecule has 0 aliphatic carbocycles. The van der Waals surface area contributed by atoms with E-state index in [1.54, 1.807) is 12.3 Å². The van der Waals surface area contributed by atoms with Gasteiger partial charge in [0.2, 0.25) is 0 Å². The third kappa shape index (κ3) is 2.94. The molecule has 2 aromatic carbocycles. The molecule has 6 nitrogen and oxygen atoms in total. The van der Waals surface area contributed by atoms with E-state index >= 15 is 0 Å². The molecule has 0 fully saturated rings. The Kier molecular flexibility index (Phi) is 3.85. The Labute approximate surface area is 132 Å². The number of aromatic nitrogens is 2. The van der Waals surface area contributed by atoms with Gasteiger partial charge >= 0.3 is 5.95 Å². The van der Waals surface area contributed by atoms with Crippen molar-refractivity contribution in [3.8, 4) is 17.2 Å². The highest BCUT2D eigenvalue weighted by Gasteiger charge is 2.14. The first-order valence-corrected chi connectivity index (χ1v) is 6.93. The SMILES string of the molecule is N#Cc1ccccc1-c1ccc(Cn2ccnc2[N+](=O)[O-])cc1. The van der Waals surface area contributed by atoms with Gasteiger partial charge in [-0.2, -0.15) is 5.26 Å². The average molecular weight is 304 g/mol. The summed E-state index contributed by atoms with van der Waals surface area (Å²) in [4.78, 5) is 14.1. The summed E-state index contributed by atoms with van der Waals surface area (Å²) in [6.07, 6.45) is 2.99. The molecule has 0 amide bonds. The van der Waals surface area contributed by atoms with E-state index < -0.39 is 4.92 Å². The number of nitriles is 1. The highest BCUT2D eigenvalue weighted by Crippen LogP contribution is 2.24. The number of nitrogens with zero attached hydrogens (tertiary/aromatic N) is 4. The second kappa shape index (κ2) is 6.12. The summed E-state index contributed by atoms with van der Waals surface area (Å²) < 4.78 is 1.48. The van der Waals surface area contributed by atoms with Gasteiger partial charge in [0.15, 0.2) is 0 Å². The van der Waals surface area contributed by atoms with Crippen molar-refractivity contribution in [3.63, 3.8) is 0 Å². The van der Waals surface area contributed by atoms with E-state index in [4.69, 9.17) is 5.26 Å². The lowest BCUT2D eigenvalue weighted by atomic mass is 9.99. The van der Waals surface area contributed by atoms with Crippen LogP contribution in [0.4, 0.5) is 5.95 Å². The molecule has 0 aliphatic rings. The van der Waals surface area contributed by atoms with Crippen LogP contribution in [0.15, 0.2) is 60.9 Å². The largest absolute Gasteiger partial charge is 0.434 e. The molecule has 0 saturated carbocycles. The third-order valence-corrected chi connectivity index (χ3v) is 3.52. The van der Waals surface area contributed by atoms with Crippen LogP contribution >= 0.6 is 0 Å². The van der Waals surface area contributed by atoms with Crippen molar-refractivity contribution in [2.75, 3.05) is 0 Å². The Balaban J connectivity index is 1.87. The second-order valence-corrected chi connectivity index (χ2v) is 4.97. The topological polar surface area (TPSA) is 84.8 Å². The molecule has 3 rings (SSSR count). The molecule has 0 atom stereocenters. The highest BCUT2D eigenvalue weighted by molar-refractivity contribution is 5.70. The number of hydrogen-bond acceptors (Lipinski definition) is 4. The van der Waals surface area contributed by atoms with Crippen LogP contribution in [0.25, 0.3) is 11.1 Å². The van der Waals surface area contributed by atoms with Gasteiger partial charge in [-0.3, -0.25) is 0 Å². The molecule has 0 unspecified atom stereocenters. The van der Waals surface area contributed by atoms with Crippen molar-refractivity contribution >= 4 is 5.95 Å². The van der Waals surface area contributed by atoms with Gasteiger partial charge < -0.3 is 10.1 Å². The lowest BCUT2D eigenvalue weighted by Gasteiger charge is -2.06. The molecule has 112 valence electrons. The molecule has 0 radical (unpaired) electrons. The first-order valence-electron chi connectivity index (χ1n) is 6.93. The molecular weight excluding hydrogens is 292 g/mol. The lowest BCUT2D eigenvalue weighted by molar-refractivity contribution is -0.396. The smallest absolute Gasteiger partial charge is 0.390 e. The van der Waals surface area contributed by atoms with E-state index in [1.165, 1.54) is 10.8 Å². The molecule has 0 aliphatic heterocycles. The molecule has 0 spiro atoms. The molecule has 1 aromatic heterocycles. The van der Waals surface area contributed by atoms with Crippen LogP contribution in [0.1, 0.15) is 11.1 Å². The number of hydrogen-bond donors (Lipinski definition) is 0. The highest BCUT2D eigenvalue weighted by atomic mass is 16.6. The van der Waals surface area contributed by atoms with E-state index in [1.807, 2.05) is 42.5 Å². The van der Waals surface area contributed by atoms with Crippen LogP contribution in [-0.4, -0.2) is 14.5 Å². The predicted octanol–water partition coefficient (Wildman–Crippen LogP) is 3.38. The van der Waals surface area contributed by atoms with Crippen LogP contribution < -0.4 is 0 Å². The van der Waals surface area contributed by atoms with Gasteiger partial charge in [0.25, 0.3) is 0 Å². The standard InChI is InChI=1S/C17H12N4O2/c18-11-15-3-1-2-4-16(15)14-7-5-13(6-8-14)12-20-10-9-19-17(20)21(22)23/h1-10H,12H2. The second-order valence-electron chi connectivity index (χ2n) is 4.97. The van der Waals surface area contributed by atoms with Gasteiger partial charge in [-0.05, 0) is 27.7 Å². The summed E-state index contributed by atoms with van der Waals surface area (Å²) in [6.45, 7) is 0.372. The average Bonchev–Trinajstić information content (AvgIpc) is 3.04. The first-order chi connectivity index (χ1) is 11.2. The molecule has 23 heavy (non-hydrogen) atoms. The van der Waals surface area contributed by atoms with Crippen LogP contribution in [0, 0.1) is 21.4 Å². The van der Waals surface area contributed by atoms with Crippen molar-refractivity contribution in [2.45, 2.75) is 6.54 Å². The zero-order valence-electron chi connectivity index (χ0n) is 12.1. The maximum absolute atomic E-state index is 10.9. The van der Waals surface area contributed by atoms with Gasteiger partial charge in [0.05, 0.1) is 18.2 Å². The number of imidazole rings is 1. The molecule has 0 N–H and O–H groups in total. The van der Waals surface area contributed by atoms with Crippen LogP contribution in [0.2, 0.25) is 0 Å². The van der Waals surface area contributed by atoms with Gasteiger partial charge in [0, 0.05) is 0 Å². The summed E-state index contributed by atoms with van der Waals surface area (Å²) in [6, 6.07) is 17.2. The first kappa shape index (κ1) is 14.5. The normalized spacial score (nSPS) is 10.2. The summed E-state index contributed by atoms with van der Waals surface area (Å²) in [5, 5.41) is 20.0. The number of benzene rings is 2. The number of rotatable bonds is 4. The van der Waals surface area contributed by atoms with E-state index in [-0.39, 0.29) is 5.95 Å². The van der Waals surface area contributed by atoms with Gasteiger partial charge in [-0.15, -0.1) is 0 Å². The van der Waals surface area contributed by atoms with Crippen LogP contribution in [0.3, 0.4) is 0 Å². The summed E-state index contributed by atoms with van der Waals surface area (Å²) in [7, 11) is 0. The molecular formula is C17H12N4O2. The maximum Gasteiger partial charge on any atom is 0.434 e. The summed E-state index contributed by atoms with van der Waals surface area (Å²) in [5.41, 5.74) is 3.34. The Bertz CT molecular complexity index is 891. The van der Waals surface area contributed by atoms with Crippen molar-refractivity contribution in [1.29, 1.82) is 5.26 Å². The minimum absolute atomic E-state index is 0.177. The third-order valence-electron chi connectivity index (χ3n) is 3.52. The van der Waals surface area contributed by atoms with Crippen molar-refractivity contribution in [3.05, 3.63) is 82.2 Å². The van der Waals surface area contributed by atoms with E-state index in [0.717, 1.165) is 16.7 Å². The van der Waals surface area contributed by atoms with Gasteiger partial charge in [-0.25, -0.2) is 4.57 Å². The Morgan fingerprint density at radius 3 is 2.61 bits per heavy atom. The fraction of sp³-hybridized carbons (Fsp3) is 0.0588. The Hall–Kier alpha value is -3.46. The van der Waals surface area contributed by atoms with Crippen LogP contribution in [-0.2, 0) is 6.54 Å². The van der Waals surface area contributed by atoms with E-state index in [9.17, 15) is 10.1 Å². The maximum atomic E-state index is 10.9. The lowest BCUT2D eigenvalue weighted by Crippen LogP contribution is -2.03. The summed E-state index contributed by atoms with van der Waals surface area (Å²) in [5.74, 6) is -0.177. The molecule has 0 bridgehead atoms. The zero-order chi connectivity index (χ0) is 16.2. The summed E-state index contributed by atoms with van der Waals surface area (Å²) >= 11 is 0. The van der Waals surface area contributed by atoms with E-state index in [2.05, 4.69) is 11.1 Å². The number of nitro groups is 1. The van der Waals surface area contributed by atoms with Gasteiger partial charge in [-0.1, -0.05) is 47.4 Å². The quantitative estimate of drug-likeness (QED) is 0.546. The molecule has 1 heterocycles. The van der Waals surface area contributed by atoms with Crippen molar-refractivity contribution in [1.82, 2.24) is 9.55 Å². The minimum Gasteiger partial charge on any atom is -0.390 e. The monoisotopic (exact) mass is 304 g/mol. The molecule has 3 aromatic rings. The van der Waals surface area contributed by atoms with Gasteiger partial charge in [0.1, 0.15) is 12.4 Å². The fourth-order valence-corrected chi connectivity index (χ4v) is 2.42. The van der Waals surface area contributed by atoms with E-state index in [0.29, 0.717) is 12.1 Å². The molecule has 6 heteroatoms. The Morgan fingerprint density at radius 1 is 1.17 bits per heavy atom. The van der Waals surface area contributed by atoms with Crippen molar-refractivity contribution < 1.29 is 4.92 Å². The zero-order valence-corrected chi connectivity index (χ0v) is 12.1. The van der Waals surface area contributed by atoms with Crippen molar-refractivity contribution in [2.24, 2.45) is 0 Å². The Morgan fingerprint density at radius 2 is 1.91 bits per heavy atom. The van der Waals surface area contributed by atoms with Crippen LogP contribution in [0.5, 0.6) is 0 Å².